The SMILES string of the molecule is C=C(C(N)=O)C(Cc1ccccc1)c1ccccc1. The van der Waals surface area contributed by atoms with Crippen molar-refractivity contribution in [2.24, 2.45) is 5.73 Å². The van der Waals surface area contributed by atoms with Crippen LogP contribution in [0.25, 0.3) is 0 Å². The van der Waals surface area contributed by atoms with Gasteiger partial charge in [-0.2, -0.15) is 0 Å². The summed E-state index contributed by atoms with van der Waals surface area (Å²) in [7, 11) is 0. The highest BCUT2D eigenvalue weighted by atomic mass is 16.1. The number of rotatable bonds is 5. The van der Waals surface area contributed by atoms with Gasteiger partial charge in [-0.1, -0.05) is 67.2 Å². The zero-order valence-corrected chi connectivity index (χ0v) is 10.8. The Hall–Kier alpha value is -2.35. The Morgan fingerprint density at radius 2 is 1.53 bits per heavy atom. The topological polar surface area (TPSA) is 43.1 Å². The fourth-order valence-corrected chi connectivity index (χ4v) is 2.15. The maximum absolute atomic E-state index is 11.4. The van der Waals surface area contributed by atoms with Gasteiger partial charge in [0, 0.05) is 11.5 Å². The Kier molecular flexibility index (Phi) is 4.14. The molecule has 2 aromatic carbocycles. The monoisotopic (exact) mass is 251 g/mol. The van der Waals surface area contributed by atoms with Crippen molar-refractivity contribution >= 4 is 5.91 Å². The summed E-state index contributed by atoms with van der Waals surface area (Å²) in [5.41, 5.74) is 8.07. The van der Waals surface area contributed by atoms with E-state index in [9.17, 15) is 4.79 Å². The van der Waals surface area contributed by atoms with Crippen LogP contribution in [0.5, 0.6) is 0 Å². The third kappa shape index (κ3) is 3.32. The van der Waals surface area contributed by atoms with Crippen molar-refractivity contribution in [2.75, 3.05) is 0 Å². The number of nitrogens with two attached hydrogens (primary N) is 1. The van der Waals surface area contributed by atoms with Crippen molar-refractivity contribution in [2.45, 2.75) is 12.3 Å². The molecule has 0 fully saturated rings. The summed E-state index contributed by atoms with van der Waals surface area (Å²) in [5.74, 6) is -0.508. The molecule has 2 rings (SSSR count). The number of amides is 1. The summed E-state index contributed by atoms with van der Waals surface area (Å²) < 4.78 is 0. The lowest BCUT2D eigenvalue weighted by atomic mass is 9.86. The molecule has 2 aromatic rings. The van der Waals surface area contributed by atoms with Gasteiger partial charge >= 0.3 is 0 Å². The van der Waals surface area contributed by atoms with Crippen LogP contribution >= 0.6 is 0 Å². The standard InChI is InChI=1S/C17H17NO/c1-13(17(18)19)16(15-10-6-3-7-11-15)12-14-8-4-2-5-9-14/h2-11,16H,1,12H2,(H2,18,19). The first-order chi connectivity index (χ1) is 9.18. The summed E-state index contributed by atoms with van der Waals surface area (Å²) in [6.07, 6.45) is 0.729. The molecule has 1 atom stereocenters. The molecule has 96 valence electrons. The van der Waals surface area contributed by atoms with Crippen LogP contribution < -0.4 is 5.73 Å². The minimum absolute atomic E-state index is 0.0684. The molecular formula is C17H17NO. The van der Waals surface area contributed by atoms with Crippen molar-refractivity contribution in [3.63, 3.8) is 0 Å². The number of primary amides is 1. The second-order valence-corrected chi connectivity index (χ2v) is 4.54. The highest BCUT2D eigenvalue weighted by molar-refractivity contribution is 5.92. The van der Waals surface area contributed by atoms with Crippen molar-refractivity contribution in [3.8, 4) is 0 Å². The van der Waals surface area contributed by atoms with Crippen molar-refractivity contribution in [1.82, 2.24) is 0 Å². The Morgan fingerprint density at radius 3 is 2.05 bits per heavy atom. The molecule has 2 heteroatoms. The third-order valence-electron chi connectivity index (χ3n) is 3.22. The van der Waals surface area contributed by atoms with E-state index in [0.29, 0.717) is 5.57 Å². The quantitative estimate of drug-likeness (QED) is 0.815. The summed E-state index contributed by atoms with van der Waals surface area (Å²) in [4.78, 5) is 11.4. The van der Waals surface area contributed by atoms with E-state index in [4.69, 9.17) is 5.73 Å². The number of hydrogen-bond acceptors (Lipinski definition) is 1. The number of carbonyl (C=O) groups excluding carboxylic acids is 1. The lowest BCUT2D eigenvalue weighted by Gasteiger charge is -2.18. The molecule has 0 spiro atoms. The molecule has 0 bridgehead atoms. The van der Waals surface area contributed by atoms with E-state index < -0.39 is 5.91 Å². The molecule has 19 heavy (non-hydrogen) atoms. The molecule has 2 nitrogen and oxygen atoms in total. The second kappa shape index (κ2) is 6.01. The first-order valence-electron chi connectivity index (χ1n) is 6.26. The van der Waals surface area contributed by atoms with Crippen molar-refractivity contribution in [1.29, 1.82) is 0 Å². The van der Waals surface area contributed by atoms with Crippen LogP contribution in [0.1, 0.15) is 17.0 Å². The molecule has 0 saturated carbocycles. The number of carbonyl (C=O) groups is 1. The highest BCUT2D eigenvalue weighted by Crippen LogP contribution is 2.27. The fourth-order valence-electron chi connectivity index (χ4n) is 2.15. The first-order valence-corrected chi connectivity index (χ1v) is 6.26. The van der Waals surface area contributed by atoms with Crippen LogP contribution in [0.4, 0.5) is 0 Å². The van der Waals surface area contributed by atoms with E-state index in [1.165, 1.54) is 5.56 Å². The summed E-state index contributed by atoms with van der Waals surface area (Å²) in [6, 6.07) is 19.9. The van der Waals surface area contributed by atoms with E-state index in [2.05, 4.69) is 6.58 Å². The van der Waals surface area contributed by atoms with Crippen molar-refractivity contribution in [3.05, 3.63) is 83.9 Å². The Morgan fingerprint density at radius 1 is 1.00 bits per heavy atom. The minimum Gasteiger partial charge on any atom is -0.366 e. The second-order valence-electron chi connectivity index (χ2n) is 4.54. The van der Waals surface area contributed by atoms with Gasteiger partial charge in [0.15, 0.2) is 0 Å². The zero-order chi connectivity index (χ0) is 13.7. The van der Waals surface area contributed by atoms with E-state index >= 15 is 0 Å². The molecule has 0 saturated heterocycles. The molecule has 0 radical (unpaired) electrons. The van der Waals surface area contributed by atoms with Crippen LogP contribution in [-0.2, 0) is 11.2 Å². The molecule has 1 amide bonds. The van der Waals surface area contributed by atoms with Gasteiger partial charge in [0.2, 0.25) is 5.91 Å². The van der Waals surface area contributed by atoms with Gasteiger partial charge in [-0.05, 0) is 17.5 Å². The van der Waals surface area contributed by atoms with Crippen LogP contribution in [0, 0.1) is 0 Å². The van der Waals surface area contributed by atoms with Crippen LogP contribution in [0.15, 0.2) is 72.8 Å². The zero-order valence-electron chi connectivity index (χ0n) is 10.8. The van der Waals surface area contributed by atoms with Crippen molar-refractivity contribution < 1.29 is 4.79 Å². The maximum Gasteiger partial charge on any atom is 0.244 e. The van der Waals surface area contributed by atoms with E-state index in [1.54, 1.807) is 0 Å². The number of benzene rings is 2. The lowest BCUT2D eigenvalue weighted by molar-refractivity contribution is -0.114. The smallest absolute Gasteiger partial charge is 0.244 e. The fraction of sp³-hybridized carbons (Fsp3) is 0.118. The normalized spacial score (nSPS) is 11.8. The molecule has 1 unspecified atom stereocenters. The molecule has 0 aliphatic rings. The van der Waals surface area contributed by atoms with Gasteiger partial charge < -0.3 is 5.73 Å². The molecule has 0 heterocycles. The molecule has 0 aromatic heterocycles. The summed E-state index contributed by atoms with van der Waals surface area (Å²) >= 11 is 0. The van der Waals surface area contributed by atoms with Crippen LogP contribution in [-0.4, -0.2) is 5.91 Å². The average Bonchev–Trinajstić information content (AvgIpc) is 2.46. The average molecular weight is 251 g/mol. The first kappa shape index (κ1) is 13.1. The van der Waals surface area contributed by atoms with E-state index in [1.807, 2.05) is 60.7 Å². The molecule has 2 N–H and O–H groups in total. The highest BCUT2D eigenvalue weighted by Gasteiger charge is 2.19. The number of hydrogen-bond donors (Lipinski definition) is 1. The predicted molar refractivity (Wildman–Crippen MR) is 77.7 cm³/mol. The molecular weight excluding hydrogens is 234 g/mol. The van der Waals surface area contributed by atoms with Crippen LogP contribution in [0.3, 0.4) is 0 Å². The molecule has 0 aliphatic carbocycles. The van der Waals surface area contributed by atoms with Gasteiger partial charge in [0.1, 0.15) is 0 Å². The van der Waals surface area contributed by atoms with Gasteiger partial charge in [-0.3, -0.25) is 4.79 Å². The van der Waals surface area contributed by atoms with Gasteiger partial charge in [-0.25, -0.2) is 0 Å². The Balaban J connectivity index is 2.30. The van der Waals surface area contributed by atoms with Crippen LogP contribution in [0.2, 0.25) is 0 Å². The predicted octanol–water partition coefficient (Wildman–Crippen LogP) is 3.05. The Bertz CT molecular complexity index is 560. The lowest BCUT2D eigenvalue weighted by Crippen LogP contribution is -2.20. The maximum atomic E-state index is 11.4. The minimum atomic E-state index is -0.440. The van der Waals surface area contributed by atoms with Gasteiger partial charge in [0.25, 0.3) is 0 Å². The van der Waals surface area contributed by atoms with E-state index in [0.717, 1.165) is 12.0 Å². The summed E-state index contributed by atoms with van der Waals surface area (Å²) in [6.45, 7) is 3.85. The Labute approximate surface area is 113 Å². The summed E-state index contributed by atoms with van der Waals surface area (Å²) in [5, 5.41) is 0. The van der Waals surface area contributed by atoms with Gasteiger partial charge in [0.05, 0.1) is 0 Å². The molecule has 0 aliphatic heterocycles. The van der Waals surface area contributed by atoms with E-state index in [-0.39, 0.29) is 5.92 Å². The van der Waals surface area contributed by atoms with Gasteiger partial charge in [-0.15, -0.1) is 0 Å². The third-order valence-corrected chi connectivity index (χ3v) is 3.22. The largest absolute Gasteiger partial charge is 0.366 e.